The fourth-order valence-corrected chi connectivity index (χ4v) is 2.49. The Balaban J connectivity index is 2.05. The minimum absolute atomic E-state index is 0.131. The molecule has 0 amide bonds. The van der Waals surface area contributed by atoms with Crippen LogP contribution in [0.15, 0.2) is 72.9 Å². The molecular weight excluding hydrogens is 246 g/mol. The van der Waals surface area contributed by atoms with Crippen LogP contribution >= 0.6 is 0 Å². The molecule has 0 fully saturated rings. The second-order valence-corrected chi connectivity index (χ2v) is 4.88. The topological polar surface area (TPSA) is 20.9 Å². The summed E-state index contributed by atoms with van der Waals surface area (Å²) in [4.78, 5) is 12.6. The van der Waals surface area contributed by atoms with Crippen molar-refractivity contribution in [2.75, 3.05) is 0 Å². The molecule has 0 aliphatic carbocycles. The van der Waals surface area contributed by atoms with Crippen molar-refractivity contribution in [1.82, 2.24) is 0 Å². The number of aromatic nitrogens is 1. The van der Waals surface area contributed by atoms with E-state index >= 15 is 0 Å². The molecule has 3 aromatic rings. The highest BCUT2D eigenvalue weighted by atomic mass is 16.1. The number of fused-ring (bicyclic) bond motifs is 1. The summed E-state index contributed by atoms with van der Waals surface area (Å²) in [5.74, 6) is 0.131. The number of nitrogens with zero attached hydrogens (tertiary/aromatic N) is 1. The summed E-state index contributed by atoms with van der Waals surface area (Å²) in [6, 6.07) is 21.4. The summed E-state index contributed by atoms with van der Waals surface area (Å²) in [5.41, 5.74) is 1.83. The Kier molecular flexibility index (Phi) is 3.30. The van der Waals surface area contributed by atoms with Gasteiger partial charge in [0.1, 0.15) is 0 Å². The molecule has 2 aromatic carbocycles. The summed E-state index contributed by atoms with van der Waals surface area (Å²) < 4.78 is 2.03. The van der Waals surface area contributed by atoms with Crippen molar-refractivity contribution in [2.45, 2.75) is 13.0 Å². The molecule has 0 radical (unpaired) electrons. The number of hydrogen-bond acceptors (Lipinski definition) is 1. The molecule has 98 valence electrons. The zero-order valence-corrected chi connectivity index (χ0v) is 11.4. The van der Waals surface area contributed by atoms with Crippen LogP contribution in [0, 0.1) is 0 Å². The zero-order valence-electron chi connectivity index (χ0n) is 11.4. The number of para-hydroxylation sites is 1. The summed E-state index contributed by atoms with van der Waals surface area (Å²) >= 11 is 0. The lowest BCUT2D eigenvalue weighted by Crippen LogP contribution is -2.42. The molecule has 0 saturated carbocycles. The molecule has 1 heterocycles. The van der Waals surface area contributed by atoms with Crippen LogP contribution in [0.2, 0.25) is 0 Å². The molecule has 1 unspecified atom stereocenters. The average Bonchev–Trinajstić information content (AvgIpc) is 2.54. The molecule has 1 aromatic heterocycles. The van der Waals surface area contributed by atoms with Crippen LogP contribution in [0.25, 0.3) is 10.9 Å². The summed E-state index contributed by atoms with van der Waals surface area (Å²) in [6.07, 6.45) is 1.97. The standard InChI is InChI=1S/C18H16NO/c1-14(18(20)16-9-3-2-4-10-16)19-13-7-11-15-8-5-6-12-17(15)19/h2-14H,1H3/q+1. The Morgan fingerprint density at radius 1 is 0.900 bits per heavy atom. The number of carbonyl (C=O) groups is 1. The van der Waals surface area contributed by atoms with Crippen LogP contribution in [-0.4, -0.2) is 5.78 Å². The van der Waals surface area contributed by atoms with Crippen molar-refractivity contribution in [3.8, 4) is 0 Å². The molecular formula is C18H16NO+. The first kappa shape index (κ1) is 12.5. The largest absolute Gasteiger partial charge is 0.287 e. The van der Waals surface area contributed by atoms with Gasteiger partial charge in [-0.1, -0.05) is 42.5 Å². The van der Waals surface area contributed by atoms with Gasteiger partial charge in [0.2, 0.25) is 17.3 Å². The number of ketones is 1. The van der Waals surface area contributed by atoms with Gasteiger partial charge in [-0.25, -0.2) is 0 Å². The van der Waals surface area contributed by atoms with E-state index in [-0.39, 0.29) is 11.8 Å². The highest BCUT2D eigenvalue weighted by Crippen LogP contribution is 2.14. The maximum absolute atomic E-state index is 12.6. The molecule has 0 spiro atoms. The van der Waals surface area contributed by atoms with Crippen molar-refractivity contribution < 1.29 is 9.36 Å². The molecule has 0 N–H and O–H groups in total. The third kappa shape index (κ3) is 2.21. The lowest BCUT2D eigenvalue weighted by Gasteiger charge is -2.08. The van der Waals surface area contributed by atoms with Crippen LogP contribution in [0.1, 0.15) is 23.3 Å². The third-order valence-electron chi connectivity index (χ3n) is 3.59. The van der Waals surface area contributed by atoms with Gasteiger partial charge < -0.3 is 0 Å². The highest BCUT2D eigenvalue weighted by molar-refractivity contribution is 5.97. The van der Waals surface area contributed by atoms with Crippen LogP contribution in [0.4, 0.5) is 0 Å². The molecule has 2 nitrogen and oxygen atoms in total. The van der Waals surface area contributed by atoms with Gasteiger partial charge in [0.25, 0.3) is 0 Å². The Bertz CT molecular complexity index is 744. The van der Waals surface area contributed by atoms with E-state index in [1.54, 1.807) is 0 Å². The monoisotopic (exact) mass is 262 g/mol. The first-order chi connectivity index (χ1) is 9.77. The lowest BCUT2D eigenvalue weighted by atomic mass is 10.0. The first-order valence-electron chi connectivity index (χ1n) is 6.75. The van der Waals surface area contributed by atoms with Crippen molar-refractivity contribution in [2.24, 2.45) is 0 Å². The predicted octanol–water partition coefficient (Wildman–Crippen LogP) is 3.57. The average molecular weight is 262 g/mol. The SMILES string of the molecule is CC(C(=O)c1ccccc1)[n+]1cccc2ccccc21. The first-order valence-corrected chi connectivity index (χ1v) is 6.75. The normalized spacial score (nSPS) is 12.2. The Morgan fingerprint density at radius 3 is 2.35 bits per heavy atom. The summed E-state index contributed by atoms with van der Waals surface area (Å²) in [5, 5.41) is 1.14. The zero-order chi connectivity index (χ0) is 13.9. The van der Waals surface area contributed by atoms with E-state index in [0.717, 1.165) is 16.5 Å². The van der Waals surface area contributed by atoms with E-state index in [1.165, 1.54) is 0 Å². The smallest absolute Gasteiger partial charge is 0.230 e. The molecule has 0 aliphatic heterocycles. The van der Waals surface area contributed by atoms with Gasteiger partial charge in [-0.2, -0.15) is 4.57 Å². The second kappa shape index (κ2) is 5.25. The number of benzene rings is 2. The van der Waals surface area contributed by atoms with Gasteiger partial charge in [0, 0.05) is 30.0 Å². The van der Waals surface area contributed by atoms with E-state index in [0.29, 0.717) is 0 Å². The fourth-order valence-electron chi connectivity index (χ4n) is 2.49. The Labute approximate surface area is 118 Å². The molecule has 3 rings (SSSR count). The fraction of sp³-hybridized carbons (Fsp3) is 0.111. The molecule has 0 aliphatic rings. The van der Waals surface area contributed by atoms with Crippen LogP contribution in [0.5, 0.6) is 0 Å². The maximum Gasteiger partial charge on any atom is 0.230 e. The van der Waals surface area contributed by atoms with E-state index in [4.69, 9.17) is 0 Å². The molecule has 1 atom stereocenters. The molecule has 0 bridgehead atoms. The summed E-state index contributed by atoms with van der Waals surface area (Å²) in [7, 11) is 0. The molecule has 2 heteroatoms. The van der Waals surface area contributed by atoms with Crippen LogP contribution in [0.3, 0.4) is 0 Å². The molecule has 0 saturated heterocycles. The minimum Gasteiger partial charge on any atom is -0.287 e. The molecule has 20 heavy (non-hydrogen) atoms. The number of carbonyl (C=O) groups excluding carboxylic acids is 1. The van der Waals surface area contributed by atoms with Crippen molar-refractivity contribution in [1.29, 1.82) is 0 Å². The van der Waals surface area contributed by atoms with Gasteiger partial charge in [-0.05, 0) is 12.1 Å². The minimum atomic E-state index is -0.219. The number of Topliss-reactive ketones (excluding diaryl/α,β-unsaturated/α-hetero) is 1. The van der Waals surface area contributed by atoms with Gasteiger partial charge in [0.15, 0.2) is 6.20 Å². The van der Waals surface area contributed by atoms with Crippen molar-refractivity contribution in [3.05, 3.63) is 78.5 Å². The van der Waals surface area contributed by atoms with E-state index in [9.17, 15) is 4.79 Å². The van der Waals surface area contributed by atoms with E-state index in [2.05, 4.69) is 12.1 Å². The maximum atomic E-state index is 12.6. The van der Waals surface area contributed by atoms with Crippen LogP contribution in [-0.2, 0) is 0 Å². The second-order valence-electron chi connectivity index (χ2n) is 4.88. The van der Waals surface area contributed by atoms with Gasteiger partial charge in [0.05, 0.1) is 0 Å². The predicted molar refractivity (Wildman–Crippen MR) is 79.6 cm³/mol. The third-order valence-corrected chi connectivity index (χ3v) is 3.59. The van der Waals surface area contributed by atoms with Gasteiger partial charge >= 0.3 is 0 Å². The Morgan fingerprint density at radius 2 is 1.55 bits per heavy atom. The number of pyridine rings is 1. The van der Waals surface area contributed by atoms with E-state index < -0.39 is 0 Å². The van der Waals surface area contributed by atoms with Gasteiger partial charge in [-0.15, -0.1) is 0 Å². The quantitative estimate of drug-likeness (QED) is 0.522. The van der Waals surface area contributed by atoms with Crippen LogP contribution < -0.4 is 4.57 Å². The summed E-state index contributed by atoms with van der Waals surface area (Å²) in [6.45, 7) is 1.95. The van der Waals surface area contributed by atoms with Crippen molar-refractivity contribution in [3.63, 3.8) is 0 Å². The number of hydrogen-bond donors (Lipinski definition) is 0. The van der Waals surface area contributed by atoms with Gasteiger partial charge in [-0.3, -0.25) is 4.79 Å². The van der Waals surface area contributed by atoms with E-state index in [1.807, 2.05) is 72.3 Å². The highest BCUT2D eigenvalue weighted by Gasteiger charge is 2.25. The lowest BCUT2D eigenvalue weighted by molar-refractivity contribution is -0.679. The Hall–Kier alpha value is -2.48. The van der Waals surface area contributed by atoms with Crippen molar-refractivity contribution >= 4 is 16.7 Å². The number of rotatable bonds is 3.